The minimum absolute atomic E-state index is 0.208. The summed E-state index contributed by atoms with van der Waals surface area (Å²) in [6.07, 6.45) is 9.23. The lowest BCUT2D eigenvalue weighted by molar-refractivity contribution is 0.686. The number of nitrogens with zero attached hydrogens (tertiary/aromatic N) is 2. The Labute approximate surface area is 309 Å². The Morgan fingerprint density at radius 1 is 0.396 bits per heavy atom. The number of rotatable bonds is 6. The highest BCUT2D eigenvalue weighted by Gasteiger charge is 2.32. The molecule has 53 heavy (non-hydrogen) atoms. The van der Waals surface area contributed by atoms with E-state index < -0.39 is 0 Å². The Hall–Kier alpha value is -6.77. The van der Waals surface area contributed by atoms with Crippen molar-refractivity contribution in [2.45, 2.75) is 0 Å². The van der Waals surface area contributed by atoms with E-state index in [1.54, 1.807) is 0 Å². The van der Waals surface area contributed by atoms with Gasteiger partial charge in [-0.25, -0.2) is 4.98 Å². The second-order valence-corrected chi connectivity index (χ2v) is 13.9. The summed E-state index contributed by atoms with van der Waals surface area (Å²) in [6.45, 7) is 0. The summed E-state index contributed by atoms with van der Waals surface area (Å²) in [5, 5.41) is 5.15. The van der Waals surface area contributed by atoms with E-state index in [0.29, 0.717) is 0 Å². The largest absolute Gasteiger partial charge is 0.292 e. The average Bonchev–Trinajstić information content (AvgIpc) is 3.64. The number of hydrogen-bond donors (Lipinski definition) is 0. The van der Waals surface area contributed by atoms with Gasteiger partial charge in [0, 0.05) is 34.2 Å². The molecule has 2 heteroatoms. The number of benzene rings is 7. The van der Waals surface area contributed by atoms with Crippen molar-refractivity contribution >= 4 is 21.9 Å². The fraction of sp³-hybridized carbons (Fsp3) is 0.0392. The van der Waals surface area contributed by atoms with E-state index in [-0.39, 0.29) is 11.8 Å². The van der Waals surface area contributed by atoms with Crippen molar-refractivity contribution in [3.63, 3.8) is 0 Å². The Balaban J connectivity index is 1.19. The highest BCUT2D eigenvalue weighted by atomic mass is 15.1. The molecule has 0 saturated carbocycles. The molecule has 0 amide bonds. The lowest BCUT2D eigenvalue weighted by Gasteiger charge is -2.33. The van der Waals surface area contributed by atoms with Crippen LogP contribution in [0.25, 0.3) is 61.5 Å². The third kappa shape index (κ3) is 5.39. The van der Waals surface area contributed by atoms with Crippen LogP contribution < -0.4 is 10.4 Å². The van der Waals surface area contributed by atoms with Crippen LogP contribution in [0, 0.1) is 11.8 Å². The summed E-state index contributed by atoms with van der Waals surface area (Å²) in [5.41, 5.74) is 11.7. The van der Waals surface area contributed by atoms with Gasteiger partial charge in [0.2, 0.25) is 0 Å². The van der Waals surface area contributed by atoms with Crippen molar-refractivity contribution in [2.75, 3.05) is 0 Å². The van der Waals surface area contributed by atoms with Gasteiger partial charge in [0.25, 0.3) is 0 Å². The van der Waals surface area contributed by atoms with E-state index in [4.69, 9.17) is 4.98 Å². The molecule has 2 aliphatic rings. The Morgan fingerprint density at radius 3 is 1.55 bits per heavy atom. The van der Waals surface area contributed by atoms with Crippen molar-refractivity contribution in [3.8, 4) is 39.6 Å². The molecule has 0 spiro atoms. The smallest absolute Gasteiger partial charge is 0.145 e. The summed E-state index contributed by atoms with van der Waals surface area (Å²) in [6, 6.07) is 65.5. The minimum atomic E-state index is 0.208. The summed E-state index contributed by atoms with van der Waals surface area (Å²) < 4.78 is 2.34. The topological polar surface area (TPSA) is 17.8 Å². The quantitative estimate of drug-likeness (QED) is 0.171. The normalized spacial score (nSPS) is 16.1. The molecule has 0 N–H and O–H groups in total. The lowest BCUT2D eigenvalue weighted by atomic mass is 9.70. The first-order valence-electron chi connectivity index (χ1n) is 18.4. The van der Waals surface area contributed by atoms with Crippen LogP contribution >= 0.6 is 0 Å². The van der Waals surface area contributed by atoms with Crippen molar-refractivity contribution in [2.24, 2.45) is 11.8 Å². The average molecular weight is 677 g/mol. The predicted octanol–water partition coefficient (Wildman–Crippen LogP) is 10.8. The fourth-order valence-corrected chi connectivity index (χ4v) is 8.43. The van der Waals surface area contributed by atoms with Crippen LogP contribution in [-0.4, -0.2) is 9.55 Å². The van der Waals surface area contributed by atoms with Gasteiger partial charge in [-0.05, 0) is 61.7 Å². The van der Waals surface area contributed by atoms with Gasteiger partial charge in [0.1, 0.15) is 5.82 Å². The molecular weight excluding hydrogens is 641 g/mol. The molecule has 2 unspecified atom stereocenters. The van der Waals surface area contributed by atoms with Gasteiger partial charge in [-0.3, -0.25) is 4.57 Å². The van der Waals surface area contributed by atoms with Gasteiger partial charge >= 0.3 is 0 Å². The molecule has 250 valence electrons. The molecular formula is C51H36N2. The van der Waals surface area contributed by atoms with Gasteiger partial charge in [-0.1, -0.05) is 188 Å². The second kappa shape index (κ2) is 13.1. The van der Waals surface area contributed by atoms with Crippen LogP contribution in [0.1, 0.15) is 11.1 Å². The summed E-state index contributed by atoms with van der Waals surface area (Å²) in [7, 11) is 0. The molecule has 0 bridgehead atoms. The number of allylic oxidation sites excluding steroid dienone is 4. The van der Waals surface area contributed by atoms with Gasteiger partial charge in [0.05, 0.1) is 11.4 Å². The molecule has 0 aliphatic heterocycles. The number of imidazole rings is 1. The third-order valence-corrected chi connectivity index (χ3v) is 10.8. The van der Waals surface area contributed by atoms with Crippen LogP contribution in [-0.2, 0) is 0 Å². The predicted molar refractivity (Wildman–Crippen MR) is 220 cm³/mol. The van der Waals surface area contributed by atoms with Crippen molar-refractivity contribution in [1.82, 2.24) is 9.55 Å². The second-order valence-electron chi connectivity index (χ2n) is 13.9. The van der Waals surface area contributed by atoms with Crippen LogP contribution in [0.15, 0.2) is 206 Å². The van der Waals surface area contributed by atoms with Crippen LogP contribution in [0.4, 0.5) is 0 Å². The summed E-state index contributed by atoms with van der Waals surface area (Å²) >= 11 is 0. The zero-order valence-corrected chi connectivity index (χ0v) is 29.2. The monoisotopic (exact) mass is 676 g/mol. The molecule has 2 atom stereocenters. The van der Waals surface area contributed by atoms with E-state index in [1.807, 2.05) is 0 Å². The third-order valence-electron chi connectivity index (χ3n) is 10.8. The first-order valence-corrected chi connectivity index (χ1v) is 18.4. The minimum Gasteiger partial charge on any atom is -0.292 e. The van der Waals surface area contributed by atoms with Gasteiger partial charge in [-0.2, -0.15) is 0 Å². The van der Waals surface area contributed by atoms with Crippen LogP contribution in [0.3, 0.4) is 0 Å². The van der Waals surface area contributed by atoms with Crippen molar-refractivity contribution < 1.29 is 0 Å². The first kappa shape index (κ1) is 31.0. The van der Waals surface area contributed by atoms with Gasteiger partial charge in [-0.15, -0.1) is 0 Å². The van der Waals surface area contributed by atoms with Gasteiger partial charge < -0.3 is 0 Å². The number of hydrogen-bond acceptors (Lipinski definition) is 1. The summed E-state index contributed by atoms with van der Waals surface area (Å²) in [5.74, 6) is 1.35. The zero-order valence-electron chi connectivity index (χ0n) is 29.2. The SMILES string of the molecule is C1=CC2C(c3ccc(-n4c(-c5ccccc5)nc(-c5ccccc5)c4-c4ccccc4)cc3)=c3ccccc3=C(c3ccc4ccccc4c3)C2C=C1. The van der Waals surface area contributed by atoms with Crippen molar-refractivity contribution in [3.05, 3.63) is 228 Å². The molecule has 1 aromatic heterocycles. The van der Waals surface area contributed by atoms with E-state index in [1.165, 1.54) is 43.5 Å². The number of fused-ring (bicyclic) bond motifs is 3. The molecule has 8 aromatic rings. The van der Waals surface area contributed by atoms with Crippen LogP contribution in [0.5, 0.6) is 0 Å². The Morgan fingerprint density at radius 2 is 0.906 bits per heavy atom. The Kier molecular flexibility index (Phi) is 7.66. The Bertz CT molecular complexity index is 2810. The molecule has 10 rings (SSSR count). The molecule has 2 aliphatic carbocycles. The lowest BCUT2D eigenvalue weighted by Crippen LogP contribution is -2.40. The molecule has 1 heterocycles. The van der Waals surface area contributed by atoms with Crippen molar-refractivity contribution in [1.29, 1.82) is 0 Å². The maximum Gasteiger partial charge on any atom is 0.145 e. The maximum absolute atomic E-state index is 5.39. The van der Waals surface area contributed by atoms with E-state index >= 15 is 0 Å². The standard InChI is InChI=1S/C51H36N2/c1-4-17-37(18-5-1)49-50(38-19-6-2-7-20-38)53(51(52-49)39-21-8-3-9-22-39)42-32-30-36(31-33-42)47-43-24-12-14-26-45(43)48(46-27-15-13-25-44(46)47)41-29-28-35-16-10-11-23-40(35)34-41/h1-34,43,45H. The maximum atomic E-state index is 5.39. The molecule has 7 aromatic carbocycles. The van der Waals surface area contributed by atoms with Gasteiger partial charge in [0.15, 0.2) is 0 Å². The molecule has 2 nitrogen and oxygen atoms in total. The highest BCUT2D eigenvalue weighted by molar-refractivity contribution is 5.89. The molecule has 0 fully saturated rings. The van der Waals surface area contributed by atoms with E-state index in [9.17, 15) is 0 Å². The molecule has 0 saturated heterocycles. The number of aromatic nitrogens is 2. The zero-order chi connectivity index (χ0) is 35.1. The molecule has 0 radical (unpaired) electrons. The van der Waals surface area contributed by atoms with E-state index in [0.717, 1.165) is 39.6 Å². The van der Waals surface area contributed by atoms with E-state index in [2.05, 4.69) is 211 Å². The highest BCUT2D eigenvalue weighted by Crippen LogP contribution is 2.42. The fourth-order valence-electron chi connectivity index (χ4n) is 8.43. The van der Waals surface area contributed by atoms with Crippen LogP contribution in [0.2, 0.25) is 0 Å². The first-order chi connectivity index (χ1) is 26.3. The summed E-state index contributed by atoms with van der Waals surface area (Å²) in [4.78, 5) is 5.39.